The minimum Gasteiger partial charge on any atom is -0.481 e. The second-order valence-corrected chi connectivity index (χ2v) is 4.70. The minimum absolute atomic E-state index is 0.0738. The molecule has 0 aromatic carbocycles. The van der Waals surface area contributed by atoms with Gasteiger partial charge in [-0.2, -0.15) is 4.98 Å². The number of carboxylic acid groups (broad SMARTS) is 1. The predicted molar refractivity (Wildman–Crippen MR) is 78.2 cm³/mol. The molecule has 0 aliphatic heterocycles. The third-order valence-corrected chi connectivity index (χ3v) is 3.12. The normalized spacial score (nSPS) is 10.5. The van der Waals surface area contributed by atoms with Gasteiger partial charge in [-0.25, -0.2) is 9.97 Å². The summed E-state index contributed by atoms with van der Waals surface area (Å²) in [6, 6.07) is 1.68. The molecule has 0 spiro atoms. The highest BCUT2D eigenvalue weighted by molar-refractivity contribution is 5.77. The summed E-state index contributed by atoms with van der Waals surface area (Å²) in [5.74, 6) is -0.142. The van der Waals surface area contributed by atoms with Crippen molar-refractivity contribution < 1.29 is 19.2 Å². The van der Waals surface area contributed by atoms with E-state index in [2.05, 4.69) is 20.1 Å². The number of aliphatic carboxylic acids is 1. The molecule has 0 radical (unpaired) electrons. The Morgan fingerprint density at radius 2 is 1.96 bits per heavy atom. The van der Waals surface area contributed by atoms with Gasteiger partial charge in [0.15, 0.2) is 0 Å². The Hall–Kier alpha value is -2.84. The van der Waals surface area contributed by atoms with Crippen molar-refractivity contribution in [1.82, 2.24) is 25.0 Å². The van der Waals surface area contributed by atoms with Crippen LogP contribution in [0.5, 0.6) is 0 Å². The monoisotopic (exact) mass is 319 g/mol. The van der Waals surface area contributed by atoms with Gasteiger partial charge < -0.3 is 14.5 Å². The van der Waals surface area contributed by atoms with Gasteiger partial charge in [-0.3, -0.25) is 9.59 Å². The van der Waals surface area contributed by atoms with E-state index in [1.54, 1.807) is 25.4 Å². The van der Waals surface area contributed by atoms with Crippen molar-refractivity contribution in [2.24, 2.45) is 0 Å². The molecule has 0 aliphatic carbocycles. The fraction of sp³-hybridized carbons (Fsp3) is 0.429. The van der Waals surface area contributed by atoms with Crippen LogP contribution < -0.4 is 0 Å². The number of carbonyl (C=O) groups excluding carboxylic acids is 1. The number of carbonyl (C=O) groups is 2. The third-order valence-electron chi connectivity index (χ3n) is 3.12. The Morgan fingerprint density at radius 1 is 1.22 bits per heavy atom. The molecule has 9 heteroatoms. The van der Waals surface area contributed by atoms with Crippen LogP contribution in [0.4, 0.5) is 0 Å². The van der Waals surface area contributed by atoms with Crippen LogP contribution in [-0.4, -0.2) is 55.1 Å². The third kappa shape index (κ3) is 4.83. The van der Waals surface area contributed by atoms with Crippen LogP contribution in [0.2, 0.25) is 0 Å². The number of carboxylic acids is 1. The lowest BCUT2D eigenvalue weighted by Gasteiger charge is -2.19. The molecular formula is C14H17N5O4. The van der Waals surface area contributed by atoms with Crippen molar-refractivity contribution in [1.29, 1.82) is 0 Å². The lowest BCUT2D eigenvalue weighted by atomic mass is 10.2. The maximum atomic E-state index is 12.1. The van der Waals surface area contributed by atoms with Crippen LogP contribution in [0, 0.1) is 0 Å². The maximum Gasteiger partial charge on any atom is 0.305 e. The van der Waals surface area contributed by atoms with Gasteiger partial charge in [0, 0.05) is 38.3 Å². The number of amides is 1. The van der Waals surface area contributed by atoms with E-state index in [0.29, 0.717) is 18.3 Å². The Morgan fingerprint density at radius 3 is 2.61 bits per heavy atom. The summed E-state index contributed by atoms with van der Waals surface area (Å²) in [5.41, 5.74) is 0. The number of aromatic nitrogens is 4. The molecule has 2 rings (SSSR count). The molecule has 2 aromatic heterocycles. The molecule has 0 bridgehead atoms. The molecular weight excluding hydrogens is 302 g/mol. The highest BCUT2D eigenvalue weighted by Gasteiger charge is 2.16. The Labute approximate surface area is 132 Å². The second-order valence-electron chi connectivity index (χ2n) is 4.70. The summed E-state index contributed by atoms with van der Waals surface area (Å²) in [6.45, 7) is 2.45. The second kappa shape index (κ2) is 7.97. The molecule has 1 N–H and O–H groups in total. The quantitative estimate of drug-likeness (QED) is 0.757. The topological polar surface area (TPSA) is 122 Å². The number of hydrogen-bond acceptors (Lipinski definition) is 7. The molecule has 0 aliphatic rings. The van der Waals surface area contributed by atoms with Crippen molar-refractivity contribution in [2.45, 2.75) is 26.2 Å². The van der Waals surface area contributed by atoms with Gasteiger partial charge in [0.1, 0.15) is 0 Å². The lowest BCUT2D eigenvalue weighted by Crippen LogP contribution is -2.33. The van der Waals surface area contributed by atoms with Gasteiger partial charge in [-0.1, -0.05) is 5.16 Å². The fourth-order valence-electron chi connectivity index (χ4n) is 1.92. The van der Waals surface area contributed by atoms with E-state index in [-0.39, 0.29) is 37.5 Å². The summed E-state index contributed by atoms with van der Waals surface area (Å²) in [5, 5.41) is 12.5. The Balaban J connectivity index is 1.89. The number of aryl methyl sites for hydroxylation is 1. The average Bonchev–Trinajstić information content (AvgIpc) is 3.03. The Bertz CT molecular complexity index is 658. The Kier molecular flexibility index (Phi) is 5.73. The molecule has 0 fully saturated rings. The van der Waals surface area contributed by atoms with E-state index in [1.165, 1.54) is 4.90 Å². The van der Waals surface area contributed by atoms with Gasteiger partial charge in [0.2, 0.25) is 23.4 Å². The summed E-state index contributed by atoms with van der Waals surface area (Å²) in [4.78, 5) is 36.3. The number of rotatable bonds is 8. The van der Waals surface area contributed by atoms with E-state index in [4.69, 9.17) is 9.63 Å². The van der Waals surface area contributed by atoms with Crippen LogP contribution in [0.1, 0.15) is 25.7 Å². The van der Waals surface area contributed by atoms with Crippen molar-refractivity contribution in [3.8, 4) is 11.6 Å². The van der Waals surface area contributed by atoms with Crippen LogP contribution in [0.25, 0.3) is 11.6 Å². The van der Waals surface area contributed by atoms with Gasteiger partial charge in [-0.15, -0.1) is 0 Å². The summed E-state index contributed by atoms with van der Waals surface area (Å²) < 4.78 is 5.08. The number of hydrogen-bond donors (Lipinski definition) is 1. The fourth-order valence-corrected chi connectivity index (χ4v) is 1.92. The van der Waals surface area contributed by atoms with Crippen molar-refractivity contribution in [3.63, 3.8) is 0 Å². The molecule has 0 atom stereocenters. The molecule has 1 amide bonds. The highest BCUT2D eigenvalue weighted by Crippen LogP contribution is 2.11. The van der Waals surface area contributed by atoms with Crippen molar-refractivity contribution >= 4 is 11.9 Å². The molecule has 23 heavy (non-hydrogen) atoms. The van der Waals surface area contributed by atoms with Crippen LogP contribution in [0.15, 0.2) is 23.0 Å². The number of nitrogens with zero attached hydrogens (tertiary/aromatic N) is 5. The largest absolute Gasteiger partial charge is 0.481 e. The summed E-state index contributed by atoms with van der Waals surface area (Å²) in [6.07, 6.45) is 3.52. The van der Waals surface area contributed by atoms with E-state index in [1.807, 2.05) is 0 Å². The van der Waals surface area contributed by atoms with Crippen LogP contribution in [0.3, 0.4) is 0 Å². The molecule has 0 saturated carbocycles. The van der Waals surface area contributed by atoms with E-state index in [9.17, 15) is 9.59 Å². The standard InChI is InChI=1S/C14H17N5O4/c1-2-19(9-6-12(21)22)11(20)5-4-10-17-14(18-23-10)13-15-7-3-8-16-13/h3,7-8H,2,4-6,9H2,1H3,(H,21,22). The zero-order valence-corrected chi connectivity index (χ0v) is 12.7. The zero-order valence-electron chi connectivity index (χ0n) is 12.7. The van der Waals surface area contributed by atoms with Gasteiger partial charge in [-0.05, 0) is 13.0 Å². The first-order valence-corrected chi connectivity index (χ1v) is 7.19. The highest BCUT2D eigenvalue weighted by atomic mass is 16.5. The van der Waals surface area contributed by atoms with Crippen LogP contribution >= 0.6 is 0 Å². The first-order chi connectivity index (χ1) is 11.1. The lowest BCUT2D eigenvalue weighted by molar-refractivity contribution is -0.138. The zero-order chi connectivity index (χ0) is 16.7. The van der Waals surface area contributed by atoms with E-state index < -0.39 is 5.97 Å². The van der Waals surface area contributed by atoms with Gasteiger partial charge in [0.25, 0.3) is 0 Å². The summed E-state index contributed by atoms with van der Waals surface area (Å²) >= 11 is 0. The smallest absolute Gasteiger partial charge is 0.305 e. The molecule has 2 aromatic rings. The predicted octanol–water partition coefficient (Wildman–Crippen LogP) is 0.782. The van der Waals surface area contributed by atoms with E-state index in [0.717, 1.165) is 0 Å². The van der Waals surface area contributed by atoms with Gasteiger partial charge in [0.05, 0.1) is 6.42 Å². The minimum atomic E-state index is -0.930. The molecule has 0 saturated heterocycles. The summed E-state index contributed by atoms with van der Waals surface area (Å²) in [7, 11) is 0. The first kappa shape index (κ1) is 16.5. The van der Waals surface area contributed by atoms with Crippen LogP contribution in [-0.2, 0) is 16.0 Å². The SMILES string of the molecule is CCN(CCC(=O)O)C(=O)CCc1nc(-c2ncccn2)no1. The van der Waals surface area contributed by atoms with Gasteiger partial charge >= 0.3 is 5.97 Å². The molecule has 2 heterocycles. The molecule has 122 valence electrons. The first-order valence-electron chi connectivity index (χ1n) is 7.19. The van der Waals surface area contributed by atoms with Crippen molar-refractivity contribution in [3.05, 3.63) is 24.4 Å². The van der Waals surface area contributed by atoms with Crippen molar-refractivity contribution in [2.75, 3.05) is 13.1 Å². The molecule has 0 unspecified atom stereocenters. The van der Waals surface area contributed by atoms with E-state index >= 15 is 0 Å². The average molecular weight is 319 g/mol. The maximum absolute atomic E-state index is 12.1. The molecule has 9 nitrogen and oxygen atoms in total.